The van der Waals surface area contributed by atoms with Gasteiger partial charge < -0.3 is 10.4 Å². The summed E-state index contributed by atoms with van der Waals surface area (Å²) >= 11 is 0. The second-order valence-corrected chi connectivity index (χ2v) is 5.97. The predicted octanol–water partition coefficient (Wildman–Crippen LogP) is 2.81. The van der Waals surface area contributed by atoms with Gasteiger partial charge in [-0.1, -0.05) is 44.2 Å². The third-order valence-electron chi connectivity index (χ3n) is 4.60. The number of carbonyl (C=O) groups is 1. The molecule has 0 bridgehead atoms. The SMILES string of the molecule is CCC(CC)(NC(=O)c1cnc(-n2cccn2)nc1O)c1ccccc1. The Labute approximate surface area is 151 Å². The van der Waals surface area contributed by atoms with Crippen LogP contribution >= 0.6 is 0 Å². The van der Waals surface area contributed by atoms with Crippen molar-refractivity contribution in [3.8, 4) is 11.8 Å². The minimum Gasteiger partial charge on any atom is -0.493 e. The summed E-state index contributed by atoms with van der Waals surface area (Å²) in [6, 6.07) is 11.5. The van der Waals surface area contributed by atoms with Crippen molar-refractivity contribution in [1.29, 1.82) is 0 Å². The Morgan fingerprint density at radius 1 is 1.19 bits per heavy atom. The van der Waals surface area contributed by atoms with E-state index in [0.29, 0.717) is 12.8 Å². The van der Waals surface area contributed by atoms with Gasteiger partial charge in [0.25, 0.3) is 11.9 Å². The highest BCUT2D eigenvalue weighted by Crippen LogP contribution is 2.29. The average Bonchev–Trinajstić information content (AvgIpc) is 3.21. The van der Waals surface area contributed by atoms with Crippen LogP contribution in [0.1, 0.15) is 42.6 Å². The van der Waals surface area contributed by atoms with E-state index in [4.69, 9.17) is 0 Å². The molecule has 0 aliphatic rings. The van der Waals surface area contributed by atoms with Crippen molar-refractivity contribution in [2.45, 2.75) is 32.2 Å². The van der Waals surface area contributed by atoms with Crippen molar-refractivity contribution < 1.29 is 9.90 Å². The molecule has 7 nitrogen and oxygen atoms in total. The summed E-state index contributed by atoms with van der Waals surface area (Å²) in [6.45, 7) is 4.04. The highest BCUT2D eigenvalue weighted by Gasteiger charge is 2.31. The zero-order valence-corrected chi connectivity index (χ0v) is 14.8. The molecule has 3 rings (SSSR count). The fraction of sp³-hybridized carbons (Fsp3) is 0.263. The maximum absolute atomic E-state index is 12.8. The van der Waals surface area contributed by atoms with Gasteiger partial charge in [0.2, 0.25) is 5.88 Å². The predicted molar refractivity (Wildman–Crippen MR) is 97.0 cm³/mol. The van der Waals surface area contributed by atoms with Crippen LogP contribution in [0.3, 0.4) is 0 Å². The number of amides is 1. The average molecular weight is 351 g/mol. The van der Waals surface area contributed by atoms with Gasteiger partial charge in [-0.2, -0.15) is 10.1 Å². The summed E-state index contributed by atoms with van der Waals surface area (Å²) in [5, 5.41) is 17.3. The van der Waals surface area contributed by atoms with Crippen molar-refractivity contribution in [3.63, 3.8) is 0 Å². The van der Waals surface area contributed by atoms with Crippen LogP contribution in [0.25, 0.3) is 5.95 Å². The molecule has 0 atom stereocenters. The van der Waals surface area contributed by atoms with E-state index in [9.17, 15) is 9.90 Å². The molecule has 2 N–H and O–H groups in total. The maximum atomic E-state index is 12.8. The van der Waals surface area contributed by atoms with Crippen molar-refractivity contribution >= 4 is 5.91 Å². The third kappa shape index (κ3) is 3.28. The van der Waals surface area contributed by atoms with Crippen LogP contribution in [0.5, 0.6) is 5.88 Å². The summed E-state index contributed by atoms with van der Waals surface area (Å²) in [7, 11) is 0. The summed E-state index contributed by atoms with van der Waals surface area (Å²) < 4.78 is 1.41. The van der Waals surface area contributed by atoms with Gasteiger partial charge in [-0.3, -0.25) is 4.79 Å². The number of rotatable bonds is 6. The number of hydrogen-bond acceptors (Lipinski definition) is 5. The molecule has 3 aromatic rings. The van der Waals surface area contributed by atoms with Gasteiger partial charge in [-0.15, -0.1) is 0 Å². The number of nitrogens with one attached hydrogen (secondary N) is 1. The molecule has 0 radical (unpaired) electrons. The zero-order valence-electron chi connectivity index (χ0n) is 14.8. The van der Waals surface area contributed by atoms with Crippen molar-refractivity contribution in [2.75, 3.05) is 0 Å². The molecule has 0 saturated heterocycles. The molecule has 2 aromatic heterocycles. The largest absolute Gasteiger partial charge is 0.493 e. The van der Waals surface area contributed by atoms with Gasteiger partial charge in [0.15, 0.2) is 0 Å². The normalized spacial score (nSPS) is 11.3. The highest BCUT2D eigenvalue weighted by atomic mass is 16.3. The third-order valence-corrected chi connectivity index (χ3v) is 4.60. The van der Waals surface area contributed by atoms with E-state index < -0.39 is 11.4 Å². The Bertz CT molecular complexity index is 874. The molecular weight excluding hydrogens is 330 g/mol. The number of aromatic nitrogens is 4. The number of nitrogens with zero attached hydrogens (tertiary/aromatic N) is 4. The Hall–Kier alpha value is -3.22. The van der Waals surface area contributed by atoms with Crippen molar-refractivity contribution in [1.82, 2.24) is 25.1 Å². The summed E-state index contributed by atoms with van der Waals surface area (Å²) in [5.74, 6) is -0.594. The van der Waals surface area contributed by atoms with Gasteiger partial charge in [-0.25, -0.2) is 9.67 Å². The Balaban J connectivity index is 1.89. The summed E-state index contributed by atoms with van der Waals surface area (Å²) in [4.78, 5) is 20.9. The second-order valence-electron chi connectivity index (χ2n) is 5.97. The minimum absolute atomic E-state index is 0.0307. The van der Waals surface area contributed by atoms with E-state index in [1.807, 2.05) is 44.2 Å². The quantitative estimate of drug-likeness (QED) is 0.712. The summed E-state index contributed by atoms with van der Waals surface area (Å²) in [5.41, 5.74) is 0.529. The first-order valence-electron chi connectivity index (χ1n) is 8.53. The summed E-state index contributed by atoms with van der Waals surface area (Å²) in [6.07, 6.45) is 5.98. The van der Waals surface area contributed by atoms with Crippen LogP contribution < -0.4 is 5.32 Å². The first-order valence-corrected chi connectivity index (χ1v) is 8.53. The van der Waals surface area contributed by atoms with Crippen LogP contribution in [0.15, 0.2) is 55.0 Å². The van der Waals surface area contributed by atoms with E-state index >= 15 is 0 Å². The van der Waals surface area contributed by atoms with Crippen LogP contribution in [0.2, 0.25) is 0 Å². The maximum Gasteiger partial charge on any atom is 0.259 e. The van der Waals surface area contributed by atoms with Crippen LogP contribution in [0, 0.1) is 0 Å². The van der Waals surface area contributed by atoms with Gasteiger partial charge in [0, 0.05) is 18.6 Å². The second kappa shape index (κ2) is 7.35. The van der Waals surface area contributed by atoms with E-state index in [2.05, 4.69) is 20.4 Å². The van der Waals surface area contributed by atoms with E-state index in [1.54, 1.807) is 18.5 Å². The smallest absolute Gasteiger partial charge is 0.259 e. The lowest BCUT2D eigenvalue weighted by Crippen LogP contribution is -2.45. The monoisotopic (exact) mass is 351 g/mol. The van der Waals surface area contributed by atoms with Gasteiger partial charge in [-0.05, 0) is 24.5 Å². The molecule has 0 fully saturated rings. The molecule has 1 amide bonds. The molecule has 0 unspecified atom stereocenters. The van der Waals surface area contributed by atoms with Crippen LogP contribution in [-0.4, -0.2) is 30.8 Å². The van der Waals surface area contributed by atoms with Crippen molar-refractivity contribution in [3.05, 3.63) is 66.1 Å². The Kier molecular flexibility index (Phi) is 4.97. The number of aromatic hydroxyl groups is 1. The van der Waals surface area contributed by atoms with Crippen LogP contribution in [0.4, 0.5) is 0 Å². The number of hydrogen-bond donors (Lipinski definition) is 2. The van der Waals surface area contributed by atoms with Gasteiger partial charge >= 0.3 is 0 Å². The van der Waals surface area contributed by atoms with Gasteiger partial charge in [0.1, 0.15) is 5.56 Å². The molecule has 0 aliphatic heterocycles. The molecule has 0 aliphatic carbocycles. The Morgan fingerprint density at radius 3 is 2.50 bits per heavy atom. The lowest BCUT2D eigenvalue weighted by molar-refractivity contribution is 0.0885. The minimum atomic E-state index is -0.522. The van der Waals surface area contributed by atoms with Crippen molar-refractivity contribution in [2.24, 2.45) is 0 Å². The first-order chi connectivity index (χ1) is 12.6. The molecule has 26 heavy (non-hydrogen) atoms. The van der Waals surface area contributed by atoms with E-state index in [0.717, 1.165) is 5.56 Å². The first kappa shape index (κ1) is 17.6. The number of carbonyl (C=O) groups excluding carboxylic acids is 1. The lowest BCUT2D eigenvalue weighted by Gasteiger charge is -2.33. The van der Waals surface area contributed by atoms with E-state index in [-0.39, 0.29) is 17.4 Å². The molecule has 2 heterocycles. The number of benzene rings is 1. The molecular formula is C19H21N5O2. The molecule has 1 aromatic carbocycles. The van der Waals surface area contributed by atoms with Gasteiger partial charge in [0.05, 0.1) is 5.54 Å². The fourth-order valence-electron chi connectivity index (χ4n) is 2.97. The highest BCUT2D eigenvalue weighted by molar-refractivity contribution is 5.96. The molecule has 0 spiro atoms. The topological polar surface area (TPSA) is 92.9 Å². The van der Waals surface area contributed by atoms with E-state index in [1.165, 1.54) is 10.9 Å². The fourth-order valence-corrected chi connectivity index (χ4v) is 2.97. The molecule has 0 saturated carbocycles. The lowest BCUT2D eigenvalue weighted by atomic mass is 9.84. The standard InChI is InChI=1S/C19H21N5O2/c1-3-19(4-2,14-9-6-5-7-10-14)23-17(26)15-13-20-18(22-16(15)25)24-12-8-11-21-24/h5-13H,3-4H2,1-2H3,(H,23,26)(H,20,22,25). The Morgan fingerprint density at radius 2 is 1.92 bits per heavy atom. The molecule has 7 heteroatoms. The van der Waals surface area contributed by atoms with Crippen LogP contribution in [-0.2, 0) is 5.54 Å². The zero-order chi connectivity index (χ0) is 18.6. The molecule has 134 valence electrons.